The molecule has 2 heterocycles. The molecule has 3 aromatic rings. The second-order valence-electron chi connectivity index (χ2n) is 4.43. The van der Waals surface area contributed by atoms with Gasteiger partial charge in [-0.25, -0.2) is 9.78 Å². The Morgan fingerprint density at radius 1 is 1.25 bits per heavy atom. The van der Waals surface area contributed by atoms with Gasteiger partial charge in [0.15, 0.2) is 5.69 Å². The van der Waals surface area contributed by atoms with E-state index in [1.54, 1.807) is 6.92 Å². The van der Waals surface area contributed by atoms with Crippen molar-refractivity contribution >= 4 is 22.7 Å². The summed E-state index contributed by atoms with van der Waals surface area (Å²) in [5, 5.41) is 9.81. The molecule has 0 saturated heterocycles. The lowest BCUT2D eigenvalue weighted by atomic mass is 10.0. The first-order chi connectivity index (χ1) is 9.59. The molecular weight excluding hydrogens is 258 g/mol. The number of aryl methyl sites for hydroxylation is 1. The summed E-state index contributed by atoms with van der Waals surface area (Å²) in [7, 11) is 0. The van der Waals surface area contributed by atoms with Crippen molar-refractivity contribution in [2.75, 3.05) is 0 Å². The zero-order chi connectivity index (χ0) is 14.3. The van der Waals surface area contributed by atoms with E-state index in [0.29, 0.717) is 11.3 Å². The molecule has 6 heteroatoms. The molecule has 0 aliphatic heterocycles. The number of nitrogens with one attached hydrogen (secondary N) is 2. The van der Waals surface area contributed by atoms with Gasteiger partial charge >= 0.3 is 5.97 Å². The Bertz CT molecular complexity index is 829. The Kier molecular flexibility index (Phi) is 2.64. The van der Waals surface area contributed by atoms with Gasteiger partial charge in [-0.05, 0) is 13.0 Å². The van der Waals surface area contributed by atoms with Crippen LogP contribution < -0.4 is 0 Å². The number of imidazole rings is 1. The number of para-hydroxylation sites is 1. The average molecular weight is 269 g/mol. The van der Waals surface area contributed by atoms with Crippen LogP contribution in [0.4, 0.5) is 0 Å². The summed E-state index contributed by atoms with van der Waals surface area (Å²) in [5.41, 5.74) is 1.71. The number of carboxylic acids is 1. The minimum Gasteiger partial charge on any atom is -0.477 e. The molecule has 0 fully saturated rings. The fraction of sp³-hybridized carbons (Fsp3) is 0.0714. The number of ketones is 1. The van der Waals surface area contributed by atoms with Crippen LogP contribution in [-0.4, -0.2) is 31.8 Å². The summed E-state index contributed by atoms with van der Waals surface area (Å²) < 4.78 is 0. The summed E-state index contributed by atoms with van der Waals surface area (Å²) >= 11 is 0. The predicted octanol–water partition coefficient (Wildman–Crippen LogP) is 2.13. The van der Waals surface area contributed by atoms with Gasteiger partial charge in [-0.3, -0.25) is 4.79 Å². The van der Waals surface area contributed by atoms with Crippen molar-refractivity contribution in [3.63, 3.8) is 0 Å². The SMILES string of the molecule is Cc1[nH]c2ccccc2c1C(=O)c1nc[nH]c1C(=O)O. The van der Waals surface area contributed by atoms with Crippen molar-refractivity contribution in [1.82, 2.24) is 15.0 Å². The molecule has 0 aliphatic rings. The standard InChI is InChI=1S/C14H11N3O3/c1-7-10(8-4-2-3-5-9(8)17-7)13(18)11-12(14(19)20)16-6-15-11/h2-6,17H,1H3,(H,15,16)(H,19,20). The minimum atomic E-state index is -1.21. The molecule has 0 aliphatic carbocycles. The van der Waals surface area contributed by atoms with E-state index in [4.69, 9.17) is 5.11 Å². The number of carbonyl (C=O) groups is 2. The summed E-state index contributed by atoms with van der Waals surface area (Å²) in [6.07, 6.45) is 1.21. The van der Waals surface area contributed by atoms with Gasteiger partial charge < -0.3 is 15.1 Å². The van der Waals surface area contributed by atoms with E-state index < -0.39 is 11.8 Å². The molecule has 0 saturated carbocycles. The molecule has 0 unspecified atom stereocenters. The molecule has 100 valence electrons. The van der Waals surface area contributed by atoms with Gasteiger partial charge in [-0.2, -0.15) is 0 Å². The third-order valence-electron chi connectivity index (χ3n) is 3.19. The Morgan fingerprint density at radius 2 is 2.00 bits per heavy atom. The van der Waals surface area contributed by atoms with Crippen molar-refractivity contribution in [1.29, 1.82) is 0 Å². The Balaban J connectivity index is 2.20. The normalized spacial score (nSPS) is 10.8. The van der Waals surface area contributed by atoms with Crippen LogP contribution in [0.25, 0.3) is 10.9 Å². The fourth-order valence-electron chi connectivity index (χ4n) is 2.32. The fourth-order valence-corrected chi connectivity index (χ4v) is 2.32. The van der Waals surface area contributed by atoms with E-state index in [9.17, 15) is 9.59 Å². The first-order valence-corrected chi connectivity index (χ1v) is 5.98. The molecule has 2 aromatic heterocycles. The number of benzene rings is 1. The second kappa shape index (κ2) is 4.34. The quantitative estimate of drug-likeness (QED) is 0.634. The van der Waals surface area contributed by atoms with Crippen LogP contribution in [-0.2, 0) is 0 Å². The number of rotatable bonds is 3. The molecule has 1 aromatic carbocycles. The van der Waals surface area contributed by atoms with Crippen LogP contribution in [0.3, 0.4) is 0 Å². The number of aromatic amines is 2. The van der Waals surface area contributed by atoms with E-state index in [0.717, 1.165) is 10.9 Å². The molecule has 0 spiro atoms. The van der Waals surface area contributed by atoms with E-state index >= 15 is 0 Å². The van der Waals surface area contributed by atoms with E-state index in [-0.39, 0.29) is 11.4 Å². The van der Waals surface area contributed by atoms with Crippen LogP contribution in [0.15, 0.2) is 30.6 Å². The van der Waals surface area contributed by atoms with Crippen LogP contribution in [0.5, 0.6) is 0 Å². The zero-order valence-electron chi connectivity index (χ0n) is 10.6. The maximum absolute atomic E-state index is 12.6. The Labute approximate surface area is 113 Å². The number of carboxylic acid groups (broad SMARTS) is 1. The van der Waals surface area contributed by atoms with Gasteiger partial charge in [-0.1, -0.05) is 18.2 Å². The number of hydrogen-bond donors (Lipinski definition) is 3. The molecule has 3 rings (SSSR count). The van der Waals surface area contributed by atoms with Gasteiger partial charge in [0, 0.05) is 16.6 Å². The van der Waals surface area contributed by atoms with Crippen LogP contribution in [0.1, 0.15) is 32.2 Å². The number of aromatic nitrogens is 3. The topological polar surface area (TPSA) is 98.8 Å². The Morgan fingerprint density at radius 3 is 2.75 bits per heavy atom. The molecule has 0 atom stereocenters. The zero-order valence-corrected chi connectivity index (χ0v) is 10.6. The number of aromatic carboxylic acids is 1. The van der Waals surface area contributed by atoms with E-state index in [2.05, 4.69) is 15.0 Å². The highest BCUT2D eigenvalue weighted by Gasteiger charge is 2.24. The average Bonchev–Trinajstić information content (AvgIpc) is 3.01. The number of nitrogens with zero attached hydrogens (tertiary/aromatic N) is 1. The maximum atomic E-state index is 12.6. The minimum absolute atomic E-state index is 0.0784. The first kappa shape index (κ1) is 12.2. The van der Waals surface area contributed by atoms with E-state index in [1.165, 1.54) is 6.33 Å². The lowest BCUT2D eigenvalue weighted by Gasteiger charge is -1.99. The second-order valence-corrected chi connectivity index (χ2v) is 4.43. The van der Waals surface area contributed by atoms with Crippen LogP contribution in [0, 0.1) is 6.92 Å². The molecular formula is C14H11N3O3. The van der Waals surface area contributed by atoms with Crippen LogP contribution in [0.2, 0.25) is 0 Å². The highest BCUT2D eigenvalue weighted by atomic mass is 16.4. The highest BCUT2D eigenvalue weighted by molar-refractivity contribution is 6.19. The Hall–Kier alpha value is -2.89. The highest BCUT2D eigenvalue weighted by Crippen LogP contribution is 2.24. The molecule has 6 nitrogen and oxygen atoms in total. The van der Waals surface area contributed by atoms with Gasteiger partial charge in [0.1, 0.15) is 5.69 Å². The van der Waals surface area contributed by atoms with Crippen molar-refractivity contribution in [3.8, 4) is 0 Å². The van der Waals surface area contributed by atoms with Crippen LogP contribution >= 0.6 is 0 Å². The van der Waals surface area contributed by atoms with Gasteiger partial charge in [0.2, 0.25) is 5.78 Å². The lowest BCUT2D eigenvalue weighted by molar-refractivity contribution is 0.0687. The number of hydrogen-bond acceptors (Lipinski definition) is 3. The van der Waals surface area contributed by atoms with Crippen molar-refractivity contribution in [2.45, 2.75) is 6.92 Å². The van der Waals surface area contributed by atoms with Crippen molar-refractivity contribution in [3.05, 3.63) is 53.2 Å². The summed E-state index contributed by atoms with van der Waals surface area (Å²) in [6, 6.07) is 7.37. The maximum Gasteiger partial charge on any atom is 0.354 e. The molecule has 0 bridgehead atoms. The van der Waals surface area contributed by atoms with Crippen molar-refractivity contribution in [2.24, 2.45) is 0 Å². The monoisotopic (exact) mass is 269 g/mol. The number of H-pyrrole nitrogens is 2. The summed E-state index contributed by atoms with van der Waals surface area (Å²) in [5.74, 6) is -1.61. The van der Waals surface area contributed by atoms with E-state index in [1.807, 2.05) is 24.3 Å². The van der Waals surface area contributed by atoms with Gasteiger partial charge in [0.05, 0.1) is 11.9 Å². The largest absolute Gasteiger partial charge is 0.477 e. The third kappa shape index (κ3) is 1.70. The smallest absolute Gasteiger partial charge is 0.354 e. The summed E-state index contributed by atoms with van der Waals surface area (Å²) in [6.45, 7) is 1.78. The predicted molar refractivity (Wildman–Crippen MR) is 72.0 cm³/mol. The molecule has 20 heavy (non-hydrogen) atoms. The first-order valence-electron chi connectivity index (χ1n) is 5.98. The molecule has 3 N–H and O–H groups in total. The number of fused-ring (bicyclic) bond motifs is 1. The van der Waals surface area contributed by atoms with Gasteiger partial charge in [0.25, 0.3) is 0 Å². The molecule has 0 amide bonds. The summed E-state index contributed by atoms with van der Waals surface area (Å²) in [4.78, 5) is 33.1. The van der Waals surface area contributed by atoms with Gasteiger partial charge in [-0.15, -0.1) is 0 Å². The number of carbonyl (C=O) groups excluding carboxylic acids is 1. The lowest BCUT2D eigenvalue weighted by Crippen LogP contribution is -2.10. The third-order valence-corrected chi connectivity index (χ3v) is 3.19. The molecule has 0 radical (unpaired) electrons. The van der Waals surface area contributed by atoms with Crippen molar-refractivity contribution < 1.29 is 14.7 Å².